The Morgan fingerprint density at radius 2 is 2.00 bits per heavy atom. The van der Waals surface area contributed by atoms with Gasteiger partial charge in [0.2, 0.25) is 5.91 Å². The zero-order valence-electron chi connectivity index (χ0n) is 14.2. The molecule has 5 heteroatoms. The van der Waals surface area contributed by atoms with Crippen LogP contribution in [0.1, 0.15) is 34.6 Å². The number of rotatable bonds is 8. The van der Waals surface area contributed by atoms with Gasteiger partial charge in [0, 0.05) is 6.54 Å². The molecule has 1 rings (SSSR count). The molecule has 1 atom stereocenters. The molecular formula is C17H28N2O3. The minimum atomic E-state index is -0.840. The molecule has 0 aliphatic heterocycles. The van der Waals surface area contributed by atoms with Gasteiger partial charge in [0.1, 0.15) is 5.75 Å². The van der Waals surface area contributed by atoms with Crippen LogP contribution in [0, 0.1) is 0 Å². The van der Waals surface area contributed by atoms with Gasteiger partial charge < -0.3 is 15.2 Å². The second-order valence-corrected chi connectivity index (χ2v) is 5.97. The Morgan fingerprint density at radius 1 is 1.36 bits per heavy atom. The summed E-state index contributed by atoms with van der Waals surface area (Å²) in [4.78, 5) is 14.4. The van der Waals surface area contributed by atoms with Crippen LogP contribution in [0.3, 0.4) is 0 Å². The highest BCUT2D eigenvalue weighted by atomic mass is 16.5. The topological polar surface area (TPSA) is 61.8 Å². The minimum absolute atomic E-state index is 0.113. The van der Waals surface area contributed by atoms with Crippen LogP contribution >= 0.6 is 0 Å². The number of nitrogens with one attached hydrogen (secondary N) is 1. The maximum absolute atomic E-state index is 12.5. The molecule has 0 saturated carbocycles. The van der Waals surface area contributed by atoms with Crippen molar-refractivity contribution in [3.63, 3.8) is 0 Å². The lowest BCUT2D eigenvalue weighted by atomic mass is 10.1. The Kier molecular flexibility index (Phi) is 6.84. The molecule has 0 fully saturated rings. The quantitative estimate of drug-likeness (QED) is 0.774. The number of ether oxygens (including phenoxy) is 1. The summed E-state index contributed by atoms with van der Waals surface area (Å²) in [5, 5.41) is 12.9. The van der Waals surface area contributed by atoms with Crippen molar-refractivity contribution in [1.29, 1.82) is 0 Å². The van der Waals surface area contributed by atoms with Crippen molar-refractivity contribution in [2.75, 3.05) is 25.0 Å². The first-order chi connectivity index (χ1) is 10.3. The van der Waals surface area contributed by atoms with E-state index in [0.717, 1.165) is 0 Å². The summed E-state index contributed by atoms with van der Waals surface area (Å²) in [6, 6.07) is 7.04. The van der Waals surface area contributed by atoms with Crippen LogP contribution in [-0.2, 0) is 4.79 Å². The number of carbonyl (C=O) groups is 1. The van der Waals surface area contributed by atoms with Crippen LogP contribution in [0.4, 0.5) is 5.69 Å². The van der Waals surface area contributed by atoms with E-state index in [1.54, 1.807) is 13.8 Å². The van der Waals surface area contributed by atoms with E-state index in [1.807, 2.05) is 49.9 Å². The van der Waals surface area contributed by atoms with E-state index in [0.29, 0.717) is 31.1 Å². The first kappa shape index (κ1) is 18.5. The average molecular weight is 308 g/mol. The summed E-state index contributed by atoms with van der Waals surface area (Å²) < 4.78 is 5.52. The molecule has 0 aliphatic rings. The van der Waals surface area contributed by atoms with Crippen LogP contribution in [-0.4, -0.2) is 47.3 Å². The van der Waals surface area contributed by atoms with Gasteiger partial charge in [-0.25, -0.2) is 0 Å². The van der Waals surface area contributed by atoms with E-state index >= 15 is 0 Å². The Balaban J connectivity index is 2.79. The highest BCUT2D eigenvalue weighted by Gasteiger charge is 2.25. The Morgan fingerprint density at radius 3 is 2.55 bits per heavy atom. The molecule has 1 aromatic carbocycles. The molecule has 1 amide bonds. The number of hydrogen-bond acceptors (Lipinski definition) is 4. The summed E-state index contributed by atoms with van der Waals surface area (Å²) in [6.45, 7) is 10.9. The molecule has 0 aromatic heterocycles. The van der Waals surface area contributed by atoms with Crippen molar-refractivity contribution in [1.82, 2.24) is 4.90 Å². The predicted molar refractivity (Wildman–Crippen MR) is 89.2 cm³/mol. The van der Waals surface area contributed by atoms with E-state index in [2.05, 4.69) is 5.32 Å². The van der Waals surface area contributed by atoms with Crippen LogP contribution < -0.4 is 10.1 Å². The second kappa shape index (κ2) is 8.15. The van der Waals surface area contributed by atoms with Gasteiger partial charge in [-0.2, -0.15) is 0 Å². The van der Waals surface area contributed by atoms with E-state index in [9.17, 15) is 9.90 Å². The number of amides is 1. The lowest BCUT2D eigenvalue weighted by Gasteiger charge is -2.32. The molecule has 5 nitrogen and oxygen atoms in total. The van der Waals surface area contributed by atoms with Gasteiger partial charge in [-0.3, -0.25) is 9.69 Å². The molecule has 0 saturated heterocycles. The largest absolute Gasteiger partial charge is 0.492 e. The fraction of sp³-hybridized carbons (Fsp3) is 0.588. The number of anilines is 1. The SMILES string of the molecule is CCOc1ccccc1NC(=O)C(C)N(CC)CC(C)(C)O. The summed E-state index contributed by atoms with van der Waals surface area (Å²) in [7, 11) is 0. The standard InChI is InChI=1S/C17H28N2O3/c1-6-19(12-17(4,5)21)13(3)16(20)18-14-10-8-9-11-15(14)22-7-2/h8-11,13,21H,6-7,12H2,1-5H3,(H,18,20). The smallest absolute Gasteiger partial charge is 0.241 e. The van der Waals surface area contributed by atoms with E-state index in [1.165, 1.54) is 0 Å². The van der Waals surface area contributed by atoms with Crippen molar-refractivity contribution < 1.29 is 14.6 Å². The van der Waals surface area contributed by atoms with Gasteiger partial charge in [0.15, 0.2) is 0 Å². The van der Waals surface area contributed by atoms with Crippen molar-refractivity contribution in [2.24, 2.45) is 0 Å². The van der Waals surface area contributed by atoms with Gasteiger partial charge in [0.05, 0.1) is 23.9 Å². The maximum atomic E-state index is 12.5. The zero-order chi connectivity index (χ0) is 16.8. The number of likely N-dealkylation sites (N-methyl/N-ethyl adjacent to an activating group) is 1. The molecule has 0 spiro atoms. The number of nitrogens with zero attached hydrogens (tertiary/aromatic N) is 1. The fourth-order valence-corrected chi connectivity index (χ4v) is 2.27. The third-order valence-electron chi connectivity index (χ3n) is 3.37. The van der Waals surface area contributed by atoms with Crippen molar-refractivity contribution in [3.8, 4) is 5.75 Å². The zero-order valence-corrected chi connectivity index (χ0v) is 14.2. The van der Waals surface area contributed by atoms with Gasteiger partial charge >= 0.3 is 0 Å². The highest BCUT2D eigenvalue weighted by Crippen LogP contribution is 2.24. The van der Waals surface area contributed by atoms with E-state index in [4.69, 9.17) is 4.74 Å². The van der Waals surface area contributed by atoms with Crippen LogP contribution in [0.15, 0.2) is 24.3 Å². The summed E-state index contributed by atoms with van der Waals surface area (Å²) in [6.07, 6.45) is 0. The number of aliphatic hydroxyl groups is 1. The number of benzene rings is 1. The van der Waals surface area contributed by atoms with Crippen LogP contribution in [0.2, 0.25) is 0 Å². The summed E-state index contributed by atoms with van der Waals surface area (Å²) in [5.74, 6) is 0.550. The maximum Gasteiger partial charge on any atom is 0.241 e. The fourth-order valence-electron chi connectivity index (χ4n) is 2.27. The van der Waals surface area contributed by atoms with Crippen LogP contribution in [0.25, 0.3) is 0 Å². The molecule has 0 bridgehead atoms. The lowest BCUT2D eigenvalue weighted by molar-refractivity contribution is -0.121. The number of carbonyl (C=O) groups excluding carboxylic acids is 1. The molecule has 2 N–H and O–H groups in total. The van der Waals surface area contributed by atoms with E-state index < -0.39 is 5.60 Å². The number of para-hydroxylation sites is 2. The van der Waals surface area contributed by atoms with Crippen molar-refractivity contribution in [3.05, 3.63) is 24.3 Å². The third-order valence-corrected chi connectivity index (χ3v) is 3.37. The summed E-state index contributed by atoms with van der Waals surface area (Å²) in [5.41, 5.74) is -0.172. The van der Waals surface area contributed by atoms with Crippen molar-refractivity contribution >= 4 is 11.6 Å². The van der Waals surface area contributed by atoms with Gasteiger partial charge in [-0.05, 0) is 46.4 Å². The monoisotopic (exact) mass is 308 g/mol. The van der Waals surface area contributed by atoms with Crippen LogP contribution in [0.5, 0.6) is 5.75 Å². The highest BCUT2D eigenvalue weighted by molar-refractivity contribution is 5.95. The van der Waals surface area contributed by atoms with Crippen molar-refractivity contribution in [2.45, 2.75) is 46.3 Å². The Hall–Kier alpha value is -1.59. The average Bonchev–Trinajstić information content (AvgIpc) is 2.45. The van der Waals surface area contributed by atoms with Gasteiger partial charge in [-0.1, -0.05) is 19.1 Å². The summed E-state index contributed by atoms with van der Waals surface area (Å²) >= 11 is 0. The molecule has 1 unspecified atom stereocenters. The predicted octanol–water partition coefficient (Wildman–Crippen LogP) is 2.51. The Bertz CT molecular complexity index is 483. The molecule has 1 aromatic rings. The first-order valence-corrected chi connectivity index (χ1v) is 7.77. The molecule has 124 valence electrons. The minimum Gasteiger partial charge on any atom is -0.492 e. The molecule has 0 heterocycles. The molecular weight excluding hydrogens is 280 g/mol. The van der Waals surface area contributed by atoms with E-state index in [-0.39, 0.29) is 11.9 Å². The molecule has 22 heavy (non-hydrogen) atoms. The lowest BCUT2D eigenvalue weighted by Crippen LogP contribution is -2.48. The second-order valence-electron chi connectivity index (χ2n) is 5.97. The number of hydrogen-bond donors (Lipinski definition) is 2. The van der Waals surface area contributed by atoms with Gasteiger partial charge in [-0.15, -0.1) is 0 Å². The first-order valence-electron chi connectivity index (χ1n) is 7.77. The third kappa shape index (κ3) is 5.66. The van der Waals surface area contributed by atoms with Gasteiger partial charge in [0.25, 0.3) is 0 Å². The molecule has 0 aliphatic carbocycles. The normalized spacial score (nSPS) is 13.0. The molecule has 0 radical (unpaired) electrons. The Labute approximate surface area is 133 Å².